The first-order valence-corrected chi connectivity index (χ1v) is 10.8. The van der Waals surface area contributed by atoms with Crippen molar-refractivity contribution < 1.29 is 23.7 Å². The maximum atomic E-state index is 13.0. The number of carbonyl (C=O) groups is 1. The molecular weight excluding hydrogens is 394 g/mol. The number of benzene rings is 2. The number of fused-ring (bicyclic) bond motifs is 1. The van der Waals surface area contributed by atoms with Gasteiger partial charge in [0.05, 0.1) is 14.2 Å². The lowest BCUT2D eigenvalue weighted by Crippen LogP contribution is -2.43. The van der Waals surface area contributed by atoms with E-state index in [1.165, 1.54) is 5.56 Å². The summed E-state index contributed by atoms with van der Waals surface area (Å²) in [5.41, 5.74) is 2.11. The van der Waals surface area contributed by atoms with Crippen molar-refractivity contribution >= 4 is 12.0 Å². The summed E-state index contributed by atoms with van der Waals surface area (Å²) in [6, 6.07) is 12.0. The van der Waals surface area contributed by atoms with Gasteiger partial charge >= 0.3 is 0 Å². The van der Waals surface area contributed by atoms with Crippen LogP contribution in [-0.2, 0) is 11.2 Å². The Bertz CT molecular complexity index is 955. The number of amides is 1. The fraction of sp³-hybridized carbons (Fsp3) is 0.400. The van der Waals surface area contributed by atoms with Crippen LogP contribution in [0.15, 0.2) is 42.5 Å². The van der Waals surface area contributed by atoms with E-state index in [0.717, 1.165) is 67.2 Å². The summed E-state index contributed by atoms with van der Waals surface area (Å²) in [6.45, 7) is 1.05. The van der Waals surface area contributed by atoms with Crippen molar-refractivity contribution in [3.8, 4) is 23.0 Å². The Morgan fingerprint density at radius 2 is 1.90 bits per heavy atom. The zero-order valence-corrected chi connectivity index (χ0v) is 18.1. The summed E-state index contributed by atoms with van der Waals surface area (Å²) in [7, 11) is 3.29. The minimum absolute atomic E-state index is 0.0645. The van der Waals surface area contributed by atoms with Crippen LogP contribution in [0.4, 0.5) is 0 Å². The Morgan fingerprint density at radius 3 is 2.74 bits per heavy atom. The second-order valence-electron chi connectivity index (χ2n) is 7.86. The van der Waals surface area contributed by atoms with Gasteiger partial charge in [-0.2, -0.15) is 0 Å². The van der Waals surface area contributed by atoms with E-state index in [1.54, 1.807) is 20.3 Å². The van der Waals surface area contributed by atoms with Crippen molar-refractivity contribution in [2.45, 2.75) is 38.1 Å². The van der Waals surface area contributed by atoms with Gasteiger partial charge in [-0.25, -0.2) is 0 Å². The third-order valence-electron chi connectivity index (χ3n) is 5.94. The number of rotatable bonds is 7. The Labute approximate surface area is 183 Å². The van der Waals surface area contributed by atoms with Gasteiger partial charge in [-0.05, 0) is 73.6 Å². The summed E-state index contributed by atoms with van der Waals surface area (Å²) in [6.07, 6.45) is 8.59. The summed E-state index contributed by atoms with van der Waals surface area (Å²) >= 11 is 0. The zero-order valence-electron chi connectivity index (χ0n) is 18.1. The van der Waals surface area contributed by atoms with E-state index >= 15 is 0 Å². The lowest BCUT2D eigenvalue weighted by molar-refractivity contribution is -0.129. The van der Waals surface area contributed by atoms with Crippen LogP contribution < -0.4 is 18.9 Å². The van der Waals surface area contributed by atoms with Crippen LogP contribution in [0.2, 0.25) is 0 Å². The van der Waals surface area contributed by atoms with E-state index in [2.05, 4.69) is 6.07 Å². The predicted octanol–water partition coefficient (Wildman–Crippen LogP) is 4.46. The summed E-state index contributed by atoms with van der Waals surface area (Å²) in [5, 5.41) is 0. The highest BCUT2D eigenvalue weighted by Gasteiger charge is 2.25. The maximum Gasteiger partial charge on any atom is 0.246 e. The first-order chi connectivity index (χ1) is 15.2. The minimum Gasteiger partial charge on any atom is -0.493 e. The van der Waals surface area contributed by atoms with Crippen molar-refractivity contribution in [1.29, 1.82) is 0 Å². The molecule has 2 aliphatic heterocycles. The molecule has 2 aromatic carbocycles. The predicted molar refractivity (Wildman–Crippen MR) is 119 cm³/mol. The average molecular weight is 424 g/mol. The topological polar surface area (TPSA) is 57.2 Å². The quantitative estimate of drug-likeness (QED) is 0.616. The van der Waals surface area contributed by atoms with Crippen LogP contribution in [0.1, 0.15) is 36.8 Å². The molecule has 2 aromatic rings. The number of nitrogens with zero attached hydrogens (tertiary/aromatic N) is 1. The van der Waals surface area contributed by atoms with Gasteiger partial charge in [-0.1, -0.05) is 12.1 Å². The van der Waals surface area contributed by atoms with Gasteiger partial charge in [-0.3, -0.25) is 4.79 Å². The van der Waals surface area contributed by atoms with Crippen LogP contribution in [0.5, 0.6) is 23.0 Å². The molecule has 31 heavy (non-hydrogen) atoms. The number of methoxy groups -OCH3 is 2. The molecule has 0 N–H and O–H groups in total. The SMILES string of the molecule is COc1ccc(CCC2CCCCN2C(=O)/C=C/c2ccc3c(c2)OCO3)cc1OC. The van der Waals surface area contributed by atoms with Gasteiger partial charge in [0.25, 0.3) is 0 Å². The Hall–Kier alpha value is -3.15. The van der Waals surface area contributed by atoms with E-state index < -0.39 is 0 Å². The van der Waals surface area contributed by atoms with Crippen LogP contribution in [0.3, 0.4) is 0 Å². The van der Waals surface area contributed by atoms with Crippen molar-refractivity contribution in [1.82, 2.24) is 4.90 Å². The third-order valence-corrected chi connectivity index (χ3v) is 5.94. The molecule has 4 rings (SSSR count). The molecule has 6 nitrogen and oxygen atoms in total. The average Bonchev–Trinajstić information content (AvgIpc) is 3.29. The highest BCUT2D eigenvalue weighted by molar-refractivity contribution is 5.92. The molecule has 0 aliphatic carbocycles. The molecule has 1 amide bonds. The highest BCUT2D eigenvalue weighted by Crippen LogP contribution is 2.33. The summed E-state index contributed by atoms with van der Waals surface area (Å²) < 4.78 is 21.5. The Balaban J connectivity index is 1.39. The second-order valence-corrected chi connectivity index (χ2v) is 7.86. The van der Waals surface area contributed by atoms with E-state index in [1.807, 2.05) is 41.3 Å². The monoisotopic (exact) mass is 423 g/mol. The summed E-state index contributed by atoms with van der Waals surface area (Å²) in [4.78, 5) is 15.0. The molecule has 2 heterocycles. The van der Waals surface area contributed by atoms with Crippen LogP contribution in [-0.4, -0.2) is 44.4 Å². The molecular formula is C25H29NO5. The fourth-order valence-electron chi connectivity index (χ4n) is 4.24. The molecule has 2 aliphatic rings. The van der Waals surface area contributed by atoms with Crippen molar-refractivity contribution in [2.24, 2.45) is 0 Å². The molecule has 0 radical (unpaired) electrons. The van der Waals surface area contributed by atoms with Gasteiger partial charge in [0.15, 0.2) is 23.0 Å². The lowest BCUT2D eigenvalue weighted by atomic mass is 9.95. The molecule has 1 fully saturated rings. The molecule has 6 heteroatoms. The number of aryl methyl sites for hydroxylation is 1. The first kappa shape index (κ1) is 21.1. The molecule has 0 bridgehead atoms. The van der Waals surface area contributed by atoms with Gasteiger partial charge in [-0.15, -0.1) is 0 Å². The maximum absolute atomic E-state index is 13.0. The molecule has 1 unspecified atom stereocenters. The largest absolute Gasteiger partial charge is 0.493 e. The van der Waals surface area contributed by atoms with E-state index in [0.29, 0.717) is 0 Å². The lowest BCUT2D eigenvalue weighted by Gasteiger charge is -2.35. The van der Waals surface area contributed by atoms with Crippen molar-refractivity contribution in [3.05, 3.63) is 53.6 Å². The van der Waals surface area contributed by atoms with Gasteiger partial charge in [0.2, 0.25) is 12.7 Å². The second kappa shape index (κ2) is 9.77. The molecule has 1 saturated heterocycles. The molecule has 1 atom stereocenters. The number of ether oxygens (including phenoxy) is 4. The third kappa shape index (κ3) is 4.95. The smallest absolute Gasteiger partial charge is 0.246 e. The van der Waals surface area contributed by atoms with Gasteiger partial charge < -0.3 is 23.8 Å². The zero-order chi connectivity index (χ0) is 21.6. The van der Waals surface area contributed by atoms with Crippen LogP contribution in [0, 0.1) is 0 Å². The Kier molecular flexibility index (Phi) is 6.65. The summed E-state index contributed by atoms with van der Waals surface area (Å²) in [5.74, 6) is 3.00. The molecule has 0 spiro atoms. The normalized spacial score (nSPS) is 17.7. The fourth-order valence-corrected chi connectivity index (χ4v) is 4.24. The molecule has 0 aromatic heterocycles. The standard InChI is InChI=1S/C25H29NO5/c1-28-21-11-7-18(15-23(21)29-2)6-10-20-5-3-4-14-26(20)25(27)13-9-19-8-12-22-24(16-19)31-17-30-22/h7-9,11-13,15-16,20H,3-6,10,14,17H2,1-2H3/b13-9+. The highest BCUT2D eigenvalue weighted by atomic mass is 16.7. The number of hydrogen-bond acceptors (Lipinski definition) is 5. The van der Waals surface area contributed by atoms with E-state index in [9.17, 15) is 4.79 Å². The number of likely N-dealkylation sites (tertiary alicyclic amines) is 1. The first-order valence-electron chi connectivity index (χ1n) is 10.8. The van der Waals surface area contributed by atoms with E-state index in [-0.39, 0.29) is 18.7 Å². The van der Waals surface area contributed by atoms with Crippen LogP contribution >= 0.6 is 0 Å². The number of piperidine rings is 1. The van der Waals surface area contributed by atoms with Gasteiger partial charge in [0, 0.05) is 18.7 Å². The van der Waals surface area contributed by atoms with Gasteiger partial charge in [0.1, 0.15) is 0 Å². The molecule has 164 valence electrons. The minimum atomic E-state index is 0.0645. The Morgan fingerprint density at radius 1 is 1.06 bits per heavy atom. The van der Waals surface area contributed by atoms with Crippen LogP contribution in [0.25, 0.3) is 6.08 Å². The van der Waals surface area contributed by atoms with Crippen molar-refractivity contribution in [2.75, 3.05) is 27.6 Å². The van der Waals surface area contributed by atoms with E-state index in [4.69, 9.17) is 18.9 Å². The number of hydrogen-bond donors (Lipinski definition) is 0. The van der Waals surface area contributed by atoms with Crippen molar-refractivity contribution in [3.63, 3.8) is 0 Å². The molecule has 0 saturated carbocycles. The number of carbonyl (C=O) groups excluding carboxylic acids is 1.